The Morgan fingerprint density at radius 1 is 1.20 bits per heavy atom. The molecule has 0 aliphatic rings. The van der Waals surface area contributed by atoms with E-state index in [1.165, 1.54) is 12.1 Å². The number of nitrogens with zero attached hydrogens (tertiary/aromatic N) is 1. The lowest BCUT2D eigenvalue weighted by atomic mass is 10.1. The van der Waals surface area contributed by atoms with Crippen LogP contribution in [0.3, 0.4) is 0 Å². The topological polar surface area (TPSA) is 79.3 Å². The summed E-state index contributed by atoms with van der Waals surface area (Å²) in [6, 6.07) is 7.96. The van der Waals surface area contributed by atoms with Crippen molar-refractivity contribution in [2.45, 2.75) is 13.5 Å². The SMILES string of the molecule is Cc1cnccc1CNC(=O)c1ccccc1C(=O)O. The number of carbonyl (C=O) groups is 2. The van der Waals surface area contributed by atoms with E-state index in [0.29, 0.717) is 6.54 Å². The van der Waals surface area contributed by atoms with Crippen LogP contribution in [0, 0.1) is 6.92 Å². The van der Waals surface area contributed by atoms with E-state index in [0.717, 1.165) is 11.1 Å². The fourth-order valence-electron chi connectivity index (χ4n) is 1.84. The third kappa shape index (κ3) is 3.00. The van der Waals surface area contributed by atoms with Gasteiger partial charge >= 0.3 is 5.97 Å². The van der Waals surface area contributed by atoms with Crippen LogP contribution in [-0.2, 0) is 6.54 Å². The van der Waals surface area contributed by atoms with E-state index in [1.807, 2.05) is 13.0 Å². The fourth-order valence-corrected chi connectivity index (χ4v) is 1.84. The van der Waals surface area contributed by atoms with Gasteiger partial charge in [-0.1, -0.05) is 12.1 Å². The third-order valence-electron chi connectivity index (χ3n) is 2.98. The summed E-state index contributed by atoms with van der Waals surface area (Å²) in [7, 11) is 0. The number of rotatable bonds is 4. The molecule has 20 heavy (non-hydrogen) atoms. The number of aryl methyl sites for hydroxylation is 1. The van der Waals surface area contributed by atoms with Gasteiger partial charge in [-0.05, 0) is 36.2 Å². The van der Waals surface area contributed by atoms with Crippen molar-refractivity contribution in [1.82, 2.24) is 10.3 Å². The van der Waals surface area contributed by atoms with Crippen molar-refractivity contribution in [3.8, 4) is 0 Å². The molecule has 0 saturated heterocycles. The molecule has 0 saturated carbocycles. The molecule has 0 bridgehead atoms. The Kier molecular flexibility index (Phi) is 4.10. The number of carboxylic acid groups (broad SMARTS) is 1. The average Bonchev–Trinajstić information content (AvgIpc) is 2.46. The van der Waals surface area contributed by atoms with E-state index in [-0.39, 0.29) is 11.1 Å². The molecule has 2 aromatic rings. The number of hydrogen-bond acceptors (Lipinski definition) is 3. The van der Waals surface area contributed by atoms with Crippen molar-refractivity contribution >= 4 is 11.9 Å². The van der Waals surface area contributed by atoms with E-state index in [2.05, 4.69) is 10.3 Å². The van der Waals surface area contributed by atoms with Gasteiger partial charge in [0.1, 0.15) is 0 Å². The lowest BCUT2D eigenvalue weighted by molar-refractivity contribution is 0.0691. The highest BCUT2D eigenvalue weighted by Crippen LogP contribution is 2.10. The normalized spacial score (nSPS) is 10.1. The van der Waals surface area contributed by atoms with E-state index in [4.69, 9.17) is 5.11 Å². The van der Waals surface area contributed by atoms with Crippen molar-refractivity contribution in [2.24, 2.45) is 0 Å². The van der Waals surface area contributed by atoms with Gasteiger partial charge in [-0.25, -0.2) is 4.79 Å². The predicted octanol–water partition coefficient (Wildman–Crippen LogP) is 2.02. The molecule has 1 aromatic carbocycles. The van der Waals surface area contributed by atoms with Crippen molar-refractivity contribution in [1.29, 1.82) is 0 Å². The molecule has 0 aliphatic carbocycles. The number of pyridine rings is 1. The van der Waals surface area contributed by atoms with Gasteiger partial charge in [-0.2, -0.15) is 0 Å². The molecule has 102 valence electrons. The Morgan fingerprint density at radius 2 is 1.90 bits per heavy atom. The average molecular weight is 270 g/mol. The molecule has 1 heterocycles. The minimum absolute atomic E-state index is 0.00329. The number of carbonyl (C=O) groups excluding carboxylic acids is 1. The summed E-state index contributed by atoms with van der Waals surface area (Å²) in [5.41, 5.74) is 2.07. The Balaban J connectivity index is 2.14. The number of hydrogen-bond donors (Lipinski definition) is 2. The minimum Gasteiger partial charge on any atom is -0.478 e. The molecule has 1 amide bonds. The van der Waals surface area contributed by atoms with Crippen LogP contribution in [0.15, 0.2) is 42.7 Å². The maximum atomic E-state index is 12.1. The van der Waals surface area contributed by atoms with Crippen LogP contribution in [0.1, 0.15) is 31.8 Å². The van der Waals surface area contributed by atoms with E-state index in [9.17, 15) is 9.59 Å². The van der Waals surface area contributed by atoms with Crippen molar-refractivity contribution in [3.05, 3.63) is 65.0 Å². The van der Waals surface area contributed by atoms with Gasteiger partial charge in [-0.3, -0.25) is 9.78 Å². The Bertz CT molecular complexity index is 653. The Morgan fingerprint density at radius 3 is 2.55 bits per heavy atom. The van der Waals surface area contributed by atoms with E-state index < -0.39 is 11.9 Å². The maximum absolute atomic E-state index is 12.1. The Labute approximate surface area is 116 Å². The number of aromatic nitrogens is 1. The molecule has 0 fully saturated rings. The van der Waals surface area contributed by atoms with Crippen molar-refractivity contribution < 1.29 is 14.7 Å². The summed E-state index contributed by atoms with van der Waals surface area (Å²) in [5, 5.41) is 11.8. The molecule has 0 spiro atoms. The van der Waals surface area contributed by atoms with E-state index >= 15 is 0 Å². The minimum atomic E-state index is -1.11. The first-order valence-electron chi connectivity index (χ1n) is 6.09. The zero-order chi connectivity index (χ0) is 14.5. The zero-order valence-electron chi connectivity index (χ0n) is 11.0. The molecule has 0 radical (unpaired) electrons. The molecular weight excluding hydrogens is 256 g/mol. The molecule has 2 rings (SSSR count). The number of aromatic carboxylic acids is 1. The molecular formula is C15H14N2O3. The molecule has 0 atom stereocenters. The van der Waals surface area contributed by atoms with E-state index in [1.54, 1.807) is 24.5 Å². The summed E-state index contributed by atoms with van der Waals surface area (Å²) in [6.45, 7) is 2.24. The smallest absolute Gasteiger partial charge is 0.336 e. The quantitative estimate of drug-likeness (QED) is 0.890. The maximum Gasteiger partial charge on any atom is 0.336 e. The van der Waals surface area contributed by atoms with Crippen LogP contribution in [-0.4, -0.2) is 22.0 Å². The van der Waals surface area contributed by atoms with Gasteiger partial charge in [0.25, 0.3) is 5.91 Å². The number of carboxylic acids is 1. The van der Waals surface area contributed by atoms with Gasteiger partial charge in [0.2, 0.25) is 0 Å². The highest BCUT2D eigenvalue weighted by Gasteiger charge is 2.15. The molecule has 0 unspecified atom stereocenters. The molecule has 5 nitrogen and oxygen atoms in total. The van der Waals surface area contributed by atoms with Crippen LogP contribution in [0.2, 0.25) is 0 Å². The van der Waals surface area contributed by atoms with Crippen LogP contribution in [0.5, 0.6) is 0 Å². The summed E-state index contributed by atoms with van der Waals surface area (Å²) in [6.07, 6.45) is 3.37. The van der Waals surface area contributed by atoms with Crippen LogP contribution < -0.4 is 5.32 Å². The Hall–Kier alpha value is -2.69. The van der Waals surface area contributed by atoms with Crippen molar-refractivity contribution in [2.75, 3.05) is 0 Å². The molecule has 2 N–H and O–H groups in total. The number of amides is 1. The monoisotopic (exact) mass is 270 g/mol. The second-order valence-corrected chi connectivity index (χ2v) is 4.34. The first-order valence-corrected chi connectivity index (χ1v) is 6.09. The first-order chi connectivity index (χ1) is 9.59. The van der Waals surface area contributed by atoms with Gasteiger partial charge in [0.15, 0.2) is 0 Å². The highest BCUT2D eigenvalue weighted by molar-refractivity contribution is 6.04. The largest absolute Gasteiger partial charge is 0.478 e. The van der Waals surface area contributed by atoms with Crippen LogP contribution >= 0.6 is 0 Å². The van der Waals surface area contributed by atoms with Gasteiger partial charge in [0, 0.05) is 18.9 Å². The highest BCUT2D eigenvalue weighted by atomic mass is 16.4. The lowest BCUT2D eigenvalue weighted by Gasteiger charge is -2.09. The van der Waals surface area contributed by atoms with Gasteiger partial charge in [0.05, 0.1) is 11.1 Å². The predicted molar refractivity (Wildman–Crippen MR) is 73.5 cm³/mol. The lowest BCUT2D eigenvalue weighted by Crippen LogP contribution is -2.25. The molecule has 1 aromatic heterocycles. The standard InChI is InChI=1S/C15H14N2O3/c1-10-8-16-7-6-11(10)9-17-14(18)12-4-2-3-5-13(12)15(19)20/h2-8H,9H2,1H3,(H,17,18)(H,19,20). The summed E-state index contributed by atoms with van der Waals surface area (Å²) < 4.78 is 0. The second-order valence-electron chi connectivity index (χ2n) is 4.34. The van der Waals surface area contributed by atoms with Gasteiger partial charge in [-0.15, -0.1) is 0 Å². The van der Waals surface area contributed by atoms with Crippen LogP contribution in [0.4, 0.5) is 0 Å². The van der Waals surface area contributed by atoms with Gasteiger partial charge < -0.3 is 10.4 Å². The summed E-state index contributed by atoms with van der Waals surface area (Å²) in [5.74, 6) is -1.52. The molecule has 0 aliphatic heterocycles. The number of nitrogens with one attached hydrogen (secondary N) is 1. The fraction of sp³-hybridized carbons (Fsp3) is 0.133. The van der Waals surface area contributed by atoms with Crippen LogP contribution in [0.25, 0.3) is 0 Å². The summed E-state index contributed by atoms with van der Waals surface area (Å²) >= 11 is 0. The van der Waals surface area contributed by atoms with Crippen molar-refractivity contribution in [3.63, 3.8) is 0 Å². The second kappa shape index (κ2) is 5.97. The molecule has 5 heteroatoms. The summed E-state index contributed by atoms with van der Waals surface area (Å²) in [4.78, 5) is 27.1. The number of benzene rings is 1. The first kappa shape index (κ1) is 13.7. The zero-order valence-corrected chi connectivity index (χ0v) is 11.0. The third-order valence-corrected chi connectivity index (χ3v) is 2.98.